The Morgan fingerprint density at radius 2 is 1.86 bits per heavy atom. The van der Waals surface area contributed by atoms with E-state index in [-0.39, 0.29) is 11.9 Å². The van der Waals surface area contributed by atoms with Crippen molar-refractivity contribution in [3.05, 3.63) is 35.4 Å². The van der Waals surface area contributed by atoms with Gasteiger partial charge in [-0.25, -0.2) is 0 Å². The topological polar surface area (TPSA) is 55.4 Å². The molecule has 4 heteroatoms. The number of esters is 1. The van der Waals surface area contributed by atoms with Crippen LogP contribution >= 0.6 is 0 Å². The smallest absolute Gasteiger partial charge is 0.305 e. The number of hydrogen-bond donors (Lipinski definition) is 1. The van der Waals surface area contributed by atoms with Crippen molar-refractivity contribution < 1.29 is 14.3 Å². The van der Waals surface area contributed by atoms with Crippen molar-refractivity contribution in [3.63, 3.8) is 0 Å². The quantitative estimate of drug-likeness (QED) is 0.562. The molecule has 1 amide bonds. The van der Waals surface area contributed by atoms with Gasteiger partial charge in [-0.3, -0.25) is 9.59 Å². The molecule has 0 aromatic heterocycles. The van der Waals surface area contributed by atoms with E-state index in [1.54, 1.807) is 0 Å². The van der Waals surface area contributed by atoms with Crippen LogP contribution in [0.3, 0.4) is 0 Å². The van der Waals surface area contributed by atoms with Gasteiger partial charge in [0.05, 0.1) is 7.11 Å². The van der Waals surface area contributed by atoms with Crippen LogP contribution in [0.15, 0.2) is 24.3 Å². The number of aryl methyl sites for hydroxylation is 2. The Labute approximate surface area is 126 Å². The first kappa shape index (κ1) is 17.2. The summed E-state index contributed by atoms with van der Waals surface area (Å²) in [5.41, 5.74) is 2.46. The molecule has 0 aliphatic heterocycles. The van der Waals surface area contributed by atoms with Crippen LogP contribution in [0.25, 0.3) is 0 Å². The van der Waals surface area contributed by atoms with Crippen molar-refractivity contribution in [2.75, 3.05) is 13.7 Å². The molecule has 0 radical (unpaired) electrons. The van der Waals surface area contributed by atoms with Gasteiger partial charge in [0.2, 0.25) is 5.91 Å². The SMILES string of the molecule is COC(=O)CCCCCNC(=O)CCc1ccccc1C. The van der Waals surface area contributed by atoms with E-state index in [4.69, 9.17) is 0 Å². The molecule has 21 heavy (non-hydrogen) atoms. The third kappa shape index (κ3) is 7.49. The summed E-state index contributed by atoms with van der Waals surface area (Å²) < 4.78 is 4.57. The van der Waals surface area contributed by atoms with E-state index in [0.717, 1.165) is 25.7 Å². The molecule has 0 fully saturated rings. The third-order valence-corrected chi connectivity index (χ3v) is 3.49. The Balaban J connectivity index is 2.07. The number of nitrogens with one attached hydrogen (secondary N) is 1. The van der Waals surface area contributed by atoms with Gasteiger partial charge >= 0.3 is 5.97 Å². The minimum Gasteiger partial charge on any atom is -0.469 e. The van der Waals surface area contributed by atoms with Crippen LogP contribution in [0.1, 0.15) is 43.2 Å². The molecule has 0 aliphatic carbocycles. The fourth-order valence-electron chi connectivity index (χ4n) is 2.13. The summed E-state index contributed by atoms with van der Waals surface area (Å²) in [6.07, 6.45) is 4.39. The monoisotopic (exact) mass is 291 g/mol. The van der Waals surface area contributed by atoms with Crippen molar-refractivity contribution >= 4 is 11.9 Å². The van der Waals surface area contributed by atoms with Crippen molar-refractivity contribution in [2.24, 2.45) is 0 Å². The van der Waals surface area contributed by atoms with Crippen molar-refractivity contribution in [3.8, 4) is 0 Å². The van der Waals surface area contributed by atoms with Gasteiger partial charge in [0, 0.05) is 19.4 Å². The van der Waals surface area contributed by atoms with Gasteiger partial charge in [0.1, 0.15) is 0 Å². The molecule has 1 rings (SSSR count). The Kier molecular flexibility index (Phi) is 8.17. The van der Waals surface area contributed by atoms with Crippen LogP contribution in [-0.2, 0) is 20.7 Å². The number of carbonyl (C=O) groups excluding carboxylic acids is 2. The molecule has 0 heterocycles. The van der Waals surface area contributed by atoms with Crippen molar-refractivity contribution in [1.82, 2.24) is 5.32 Å². The number of ether oxygens (including phenoxy) is 1. The molecule has 0 spiro atoms. The zero-order valence-corrected chi connectivity index (χ0v) is 13.0. The summed E-state index contributed by atoms with van der Waals surface area (Å²) in [7, 11) is 1.40. The molecule has 0 unspecified atom stereocenters. The highest BCUT2D eigenvalue weighted by Crippen LogP contribution is 2.09. The first-order valence-corrected chi connectivity index (χ1v) is 7.51. The maximum Gasteiger partial charge on any atom is 0.305 e. The van der Waals surface area contributed by atoms with E-state index >= 15 is 0 Å². The lowest BCUT2D eigenvalue weighted by Crippen LogP contribution is -2.24. The average Bonchev–Trinajstić information content (AvgIpc) is 2.49. The Bertz CT molecular complexity index is 457. The second-order valence-corrected chi connectivity index (χ2v) is 5.16. The standard InChI is InChI=1S/C17H25NO3/c1-14-8-5-6-9-15(14)11-12-16(19)18-13-7-3-4-10-17(20)21-2/h5-6,8-9H,3-4,7,10-13H2,1-2H3,(H,18,19). The molecule has 4 nitrogen and oxygen atoms in total. The van der Waals surface area contributed by atoms with Gasteiger partial charge in [-0.15, -0.1) is 0 Å². The summed E-state index contributed by atoms with van der Waals surface area (Å²) in [6.45, 7) is 2.74. The zero-order valence-electron chi connectivity index (χ0n) is 13.0. The minimum absolute atomic E-state index is 0.0891. The number of rotatable bonds is 9. The minimum atomic E-state index is -0.169. The number of benzene rings is 1. The lowest BCUT2D eigenvalue weighted by atomic mass is 10.0. The fourth-order valence-corrected chi connectivity index (χ4v) is 2.13. The van der Waals surface area contributed by atoms with E-state index in [1.807, 2.05) is 12.1 Å². The summed E-state index contributed by atoms with van der Waals surface area (Å²) >= 11 is 0. The van der Waals surface area contributed by atoms with Crippen LogP contribution in [0.4, 0.5) is 0 Å². The molecule has 0 bridgehead atoms. The van der Waals surface area contributed by atoms with E-state index in [9.17, 15) is 9.59 Å². The second-order valence-electron chi connectivity index (χ2n) is 5.16. The van der Waals surface area contributed by atoms with E-state index in [0.29, 0.717) is 19.4 Å². The average molecular weight is 291 g/mol. The lowest BCUT2D eigenvalue weighted by molar-refractivity contribution is -0.140. The largest absolute Gasteiger partial charge is 0.469 e. The second kappa shape index (κ2) is 9.97. The normalized spacial score (nSPS) is 10.2. The van der Waals surface area contributed by atoms with Gasteiger partial charge in [0.15, 0.2) is 0 Å². The molecule has 0 aliphatic rings. The molecule has 0 saturated heterocycles. The van der Waals surface area contributed by atoms with Gasteiger partial charge in [0.25, 0.3) is 0 Å². The highest BCUT2D eigenvalue weighted by molar-refractivity contribution is 5.76. The molecular weight excluding hydrogens is 266 g/mol. The van der Waals surface area contributed by atoms with Crippen LogP contribution in [0, 0.1) is 6.92 Å². The van der Waals surface area contributed by atoms with E-state index < -0.39 is 0 Å². The number of methoxy groups -OCH3 is 1. The van der Waals surface area contributed by atoms with Crippen LogP contribution in [-0.4, -0.2) is 25.5 Å². The highest BCUT2D eigenvalue weighted by Gasteiger charge is 2.04. The molecular formula is C17H25NO3. The summed E-state index contributed by atoms with van der Waals surface area (Å²) in [6, 6.07) is 8.14. The maximum atomic E-state index is 11.7. The molecule has 1 N–H and O–H groups in total. The van der Waals surface area contributed by atoms with Gasteiger partial charge in [-0.05, 0) is 37.3 Å². The zero-order chi connectivity index (χ0) is 15.5. The molecule has 0 atom stereocenters. The van der Waals surface area contributed by atoms with Gasteiger partial charge < -0.3 is 10.1 Å². The van der Waals surface area contributed by atoms with E-state index in [2.05, 4.69) is 29.1 Å². The number of amides is 1. The van der Waals surface area contributed by atoms with Crippen molar-refractivity contribution in [2.45, 2.75) is 45.4 Å². The van der Waals surface area contributed by atoms with Crippen LogP contribution in [0.2, 0.25) is 0 Å². The molecule has 1 aromatic carbocycles. The van der Waals surface area contributed by atoms with Gasteiger partial charge in [-0.2, -0.15) is 0 Å². The summed E-state index contributed by atoms with van der Waals surface area (Å²) in [5, 5.41) is 2.92. The van der Waals surface area contributed by atoms with E-state index in [1.165, 1.54) is 18.2 Å². The van der Waals surface area contributed by atoms with Crippen LogP contribution in [0.5, 0.6) is 0 Å². The Morgan fingerprint density at radius 1 is 1.10 bits per heavy atom. The molecule has 0 saturated carbocycles. The summed E-state index contributed by atoms with van der Waals surface area (Å²) in [4.78, 5) is 22.6. The van der Waals surface area contributed by atoms with Crippen LogP contribution < -0.4 is 5.32 Å². The Hall–Kier alpha value is -1.84. The molecule has 1 aromatic rings. The van der Waals surface area contributed by atoms with Crippen molar-refractivity contribution in [1.29, 1.82) is 0 Å². The predicted molar refractivity (Wildman–Crippen MR) is 83.0 cm³/mol. The maximum absolute atomic E-state index is 11.7. The number of unbranched alkanes of at least 4 members (excludes halogenated alkanes) is 2. The number of hydrogen-bond acceptors (Lipinski definition) is 3. The summed E-state index contributed by atoms with van der Waals surface area (Å²) in [5.74, 6) is -0.0801. The third-order valence-electron chi connectivity index (χ3n) is 3.49. The first-order valence-electron chi connectivity index (χ1n) is 7.51. The predicted octanol–water partition coefficient (Wildman–Crippen LogP) is 2.78. The number of carbonyl (C=O) groups is 2. The fraction of sp³-hybridized carbons (Fsp3) is 0.529. The Morgan fingerprint density at radius 3 is 2.57 bits per heavy atom. The highest BCUT2D eigenvalue weighted by atomic mass is 16.5. The first-order chi connectivity index (χ1) is 10.1. The van der Waals surface area contributed by atoms with Gasteiger partial charge in [-0.1, -0.05) is 30.7 Å². The molecule has 116 valence electrons. The lowest BCUT2D eigenvalue weighted by Gasteiger charge is -2.07.